The predicted octanol–water partition coefficient (Wildman–Crippen LogP) is 4.43. The average Bonchev–Trinajstić information content (AvgIpc) is 3.15. The number of aryl methyl sites for hydroxylation is 3. The van der Waals surface area contributed by atoms with Gasteiger partial charge in [0.05, 0.1) is 18.2 Å². The van der Waals surface area contributed by atoms with Crippen molar-refractivity contribution in [1.82, 2.24) is 15.5 Å². The third-order valence-corrected chi connectivity index (χ3v) is 6.33. The van der Waals surface area contributed by atoms with Gasteiger partial charge in [0.1, 0.15) is 11.3 Å². The van der Waals surface area contributed by atoms with E-state index in [1.165, 1.54) is 6.21 Å². The van der Waals surface area contributed by atoms with Crippen molar-refractivity contribution in [2.45, 2.75) is 46.6 Å². The Labute approximate surface area is 222 Å². The first-order valence-corrected chi connectivity index (χ1v) is 12.7. The lowest BCUT2D eigenvalue weighted by molar-refractivity contribution is -0.137. The minimum Gasteiger partial charge on any atom is -0.461 e. The van der Waals surface area contributed by atoms with Crippen molar-refractivity contribution < 1.29 is 14.0 Å². The van der Waals surface area contributed by atoms with Gasteiger partial charge in [-0.3, -0.25) is 14.9 Å². The van der Waals surface area contributed by atoms with Gasteiger partial charge in [-0.1, -0.05) is 35.7 Å². The summed E-state index contributed by atoms with van der Waals surface area (Å²) in [6.07, 6.45) is 5.63. The Hall–Kier alpha value is -4.45. The number of amides is 2. The van der Waals surface area contributed by atoms with Crippen LogP contribution < -0.4 is 10.6 Å². The summed E-state index contributed by atoms with van der Waals surface area (Å²) in [5.41, 5.74) is 4.67. The van der Waals surface area contributed by atoms with E-state index in [-0.39, 0.29) is 24.3 Å². The highest BCUT2D eigenvalue weighted by molar-refractivity contribution is 6.00. The molecule has 1 unspecified atom stereocenters. The van der Waals surface area contributed by atoms with Crippen molar-refractivity contribution in [2.75, 3.05) is 13.1 Å². The summed E-state index contributed by atoms with van der Waals surface area (Å²) >= 11 is 0. The van der Waals surface area contributed by atoms with Gasteiger partial charge in [-0.25, -0.2) is 9.98 Å². The van der Waals surface area contributed by atoms with E-state index in [0.717, 1.165) is 46.3 Å². The molecule has 0 saturated carbocycles. The molecule has 196 valence electrons. The molecule has 1 aliphatic rings. The highest BCUT2D eigenvalue weighted by Gasteiger charge is 2.27. The van der Waals surface area contributed by atoms with E-state index in [2.05, 4.69) is 26.7 Å². The number of nitriles is 1. The molecule has 4 rings (SSSR count). The summed E-state index contributed by atoms with van der Waals surface area (Å²) in [5.74, 6) is 0.0222. The normalized spacial score (nSPS) is 16.5. The summed E-state index contributed by atoms with van der Waals surface area (Å²) in [6.45, 7) is 6.85. The predicted molar refractivity (Wildman–Crippen MR) is 147 cm³/mol. The number of hydrogen-bond donors (Lipinski definition) is 2. The summed E-state index contributed by atoms with van der Waals surface area (Å²) in [4.78, 5) is 36.2. The monoisotopic (exact) mass is 512 g/mol. The van der Waals surface area contributed by atoms with Gasteiger partial charge in [0, 0.05) is 24.7 Å². The van der Waals surface area contributed by atoms with Crippen LogP contribution in [0, 0.1) is 38.1 Å². The SMILES string of the molecule is Cc1cc(C)cc(CNC(=O)CN2CCCCC(/C=N\C(=Nc3ccc4oc(C)cc4c3)NC#N)C2=O)c1. The third-order valence-electron chi connectivity index (χ3n) is 6.33. The van der Waals surface area contributed by atoms with Gasteiger partial charge in [-0.2, -0.15) is 5.26 Å². The number of carbonyl (C=O) groups excluding carboxylic acids is 2. The van der Waals surface area contributed by atoms with Gasteiger partial charge in [-0.15, -0.1) is 0 Å². The Balaban J connectivity index is 1.41. The van der Waals surface area contributed by atoms with Crippen LogP contribution in [0.15, 0.2) is 56.9 Å². The molecule has 3 aromatic rings. The van der Waals surface area contributed by atoms with Crippen molar-refractivity contribution in [3.05, 3.63) is 64.9 Å². The number of guanidine groups is 1. The Morgan fingerprint density at radius 3 is 2.71 bits per heavy atom. The van der Waals surface area contributed by atoms with Crippen molar-refractivity contribution in [3.8, 4) is 6.19 Å². The minimum absolute atomic E-state index is 0.00447. The number of nitrogens with zero attached hydrogens (tertiary/aromatic N) is 4. The lowest BCUT2D eigenvalue weighted by Crippen LogP contribution is -2.43. The number of rotatable bonds is 6. The molecule has 1 aromatic heterocycles. The largest absolute Gasteiger partial charge is 0.461 e. The third kappa shape index (κ3) is 7.07. The van der Waals surface area contributed by atoms with Crippen LogP contribution in [0.2, 0.25) is 0 Å². The zero-order valence-electron chi connectivity index (χ0n) is 22.0. The van der Waals surface area contributed by atoms with Crippen LogP contribution in [0.3, 0.4) is 0 Å². The number of likely N-dealkylation sites (tertiary alicyclic amines) is 1. The van der Waals surface area contributed by atoms with Crippen molar-refractivity contribution in [1.29, 1.82) is 5.26 Å². The van der Waals surface area contributed by atoms with Crippen LogP contribution in [0.5, 0.6) is 0 Å². The topological polar surface area (TPSA) is 123 Å². The van der Waals surface area contributed by atoms with Crippen molar-refractivity contribution >= 4 is 40.6 Å². The van der Waals surface area contributed by atoms with E-state index in [4.69, 9.17) is 4.42 Å². The van der Waals surface area contributed by atoms with Gasteiger partial charge in [-0.05, 0) is 63.4 Å². The molecular formula is C29H32N6O3. The van der Waals surface area contributed by atoms with Gasteiger partial charge >= 0.3 is 0 Å². The van der Waals surface area contributed by atoms with Gasteiger partial charge in [0.15, 0.2) is 6.19 Å². The molecule has 2 heterocycles. The van der Waals surface area contributed by atoms with Gasteiger partial charge in [0.2, 0.25) is 17.8 Å². The fraction of sp³-hybridized carbons (Fsp3) is 0.345. The fourth-order valence-corrected chi connectivity index (χ4v) is 4.69. The number of hydrogen-bond acceptors (Lipinski definition) is 5. The zero-order valence-corrected chi connectivity index (χ0v) is 22.0. The van der Waals surface area contributed by atoms with Crippen LogP contribution in [0.25, 0.3) is 11.0 Å². The van der Waals surface area contributed by atoms with E-state index in [1.807, 2.05) is 57.3 Å². The lowest BCUT2D eigenvalue weighted by atomic mass is 10.0. The Kier molecular flexibility index (Phi) is 8.54. The number of aliphatic imine (C=N–C) groups is 2. The first-order valence-electron chi connectivity index (χ1n) is 12.7. The molecule has 2 aromatic carbocycles. The van der Waals surface area contributed by atoms with Crippen LogP contribution in [0.4, 0.5) is 5.69 Å². The second-order valence-corrected chi connectivity index (χ2v) is 9.66. The van der Waals surface area contributed by atoms with E-state index in [0.29, 0.717) is 25.2 Å². The molecular weight excluding hydrogens is 480 g/mol. The second-order valence-electron chi connectivity index (χ2n) is 9.66. The highest BCUT2D eigenvalue weighted by Crippen LogP contribution is 2.24. The van der Waals surface area contributed by atoms with Gasteiger partial charge in [0.25, 0.3) is 0 Å². The zero-order chi connectivity index (χ0) is 27.1. The maximum Gasteiger partial charge on any atom is 0.239 e. The standard InChI is InChI=1S/C29H32N6O3/c1-19-10-20(2)12-22(11-19)15-31-27(36)17-35-9-5-4-6-23(28(35)37)16-32-29(33-18-30)34-25-7-8-26-24(14-25)13-21(3)38-26/h7-8,10-14,16,23H,4-6,9,15,17H2,1-3H3,(H,31,36)(H,33,34)/b32-16-. The summed E-state index contributed by atoms with van der Waals surface area (Å²) < 4.78 is 5.59. The van der Waals surface area contributed by atoms with Crippen LogP contribution in [0.1, 0.15) is 41.7 Å². The summed E-state index contributed by atoms with van der Waals surface area (Å²) in [5, 5.41) is 15.5. The second kappa shape index (κ2) is 12.2. The molecule has 2 amide bonds. The van der Waals surface area contributed by atoms with E-state index >= 15 is 0 Å². The van der Waals surface area contributed by atoms with Gasteiger partial charge < -0.3 is 14.6 Å². The number of furan rings is 1. The molecule has 1 atom stereocenters. The molecule has 9 heteroatoms. The fourth-order valence-electron chi connectivity index (χ4n) is 4.69. The summed E-state index contributed by atoms with van der Waals surface area (Å²) in [6, 6.07) is 13.5. The van der Waals surface area contributed by atoms with E-state index in [1.54, 1.807) is 11.0 Å². The maximum atomic E-state index is 13.2. The van der Waals surface area contributed by atoms with Crippen molar-refractivity contribution in [2.24, 2.45) is 15.9 Å². The first-order chi connectivity index (χ1) is 18.3. The maximum absolute atomic E-state index is 13.2. The molecule has 1 aliphatic heterocycles. The van der Waals surface area contributed by atoms with Crippen LogP contribution >= 0.6 is 0 Å². The Morgan fingerprint density at radius 1 is 1.16 bits per heavy atom. The molecule has 38 heavy (non-hydrogen) atoms. The molecule has 0 spiro atoms. The molecule has 0 aliphatic carbocycles. The number of nitrogens with one attached hydrogen (secondary N) is 2. The lowest BCUT2D eigenvalue weighted by Gasteiger charge is -2.22. The van der Waals surface area contributed by atoms with E-state index < -0.39 is 5.92 Å². The number of fused-ring (bicyclic) bond motifs is 1. The molecule has 9 nitrogen and oxygen atoms in total. The van der Waals surface area contributed by atoms with Crippen molar-refractivity contribution in [3.63, 3.8) is 0 Å². The molecule has 0 radical (unpaired) electrons. The Morgan fingerprint density at radius 2 is 1.95 bits per heavy atom. The molecule has 2 N–H and O–H groups in total. The number of carbonyl (C=O) groups is 2. The molecule has 1 saturated heterocycles. The minimum atomic E-state index is -0.505. The Bertz CT molecular complexity index is 1410. The van der Waals surface area contributed by atoms with Crippen LogP contribution in [-0.4, -0.2) is 42.0 Å². The first kappa shape index (κ1) is 26.6. The summed E-state index contributed by atoms with van der Waals surface area (Å²) in [7, 11) is 0. The molecule has 1 fully saturated rings. The van der Waals surface area contributed by atoms with E-state index in [9.17, 15) is 14.9 Å². The average molecular weight is 513 g/mol. The number of benzene rings is 2. The highest BCUT2D eigenvalue weighted by atomic mass is 16.3. The quantitative estimate of drug-likeness (QED) is 0.219. The smallest absolute Gasteiger partial charge is 0.239 e. The molecule has 0 bridgehead atoms. The van der Waals surface area contributed by atoms with Crippen LogP contribution in [-0.2, 0) is 16.1 Å².